The van der Waals surface area contributed by atoms with Crippen molar-refractivity contribution in [1.29, 1.82) is 0 Å². The number of nitrogens with zero attached hydrogens (tertiary/aromatic N) is 1. The van der Waals surface area contributed by atoms with Gasteiger partial charge in [-0.15, -0.1) is 0 Å². The van der Waals surface area contributed by atoms with Crippen molar-refractivity contribution in [3.8, 4) is 5.75 Å². The highest BCUT2D eigenvalue weighted by Gasteiger charge is 2.42. The number of likely N-dealkylation sites (N-methyl/N-ethyl adjacent to an activating group) is 1. The van der Waals surface area contributed by atoms with Gasteiger partial charge in [-0.25, -0.2) is 9.59 Å². The number of esters is 1. The summed E-state index contributed by atoms with van der Waals surface area (Å²) in [6, 6.07) is 10.1. The summed E-state index contributed by atoms with van der Waals surface area (Å²) in [5.41, 5.74) is -0.260. The topological polar surface area (TPSA) is 67.9 Å². The van der Waals surface area contributed by atoms with Crippen molar-refractivity contribution < 1.29 is 32.2 Å². The highest BCUT2D eigenvalue weighted by molar-refractivity contribution is 5.95. The Labute approximate surface area is 196 Å². The molecule has 1 N–H and O–H groups in total. The molecule has 0 aromatic heterocycles. The number of hydrogen-bond acceptors (Lipinski definition) is 4. The van der Waals surface area contributed by atoms with Crippen LogP contribution >= 0.6 is 0 Å². The van der Waals surface area contributed by atoms with E-state index in [1.807, 2.05) is 26.0 Å². The van der Waals surface area contributed by atoms with E-state index in [0.29, 0.717) is 5.75 Å². The van der Waals surface area contributed by atoms with Crippen LogP contribution in [0, 0.1) is 0 Å². The minimum atomic E-state index is -4.68. The molecule has 2 aromatic carbocycles. The number of ether oxygens (including phenoxy) is 2. The fourth-order valence-electron chi connectivity index (χ4n) is 3.86. The van der Waals surface area contributed by atoms with Crippen LogP contribution in [0.3, 0.4) is 0 Å². The van der Waals surface area contributed by atoms with Gasteiger partial charge in [0.25, 0.3) is 0 Å². The second-order valence-corrected chi connectivity index (χ2v) is 8.09. The van der Waals surface area contributed by atoms with Gasteiger partial charge in [-0.3, -0.25) is 4.90 Å². The van der Waals surface area contributed by atoms with E-state index in [2.05, 4.69) is 5.32 Å². The van der Waals surface area contributed by atoms with E-state index in [4.69, 9.17) is 9.47 Å². The van der Waals surface area contributed by atoms with Gasteiger partial charge in [0.05, 0.1) is 29.5 Å². The largest absolute Gasteiger partial charge is 0.487 e. The summed E-state index contributed by atoms with van der Waals surface area (Å²) in [5.74, 6) is -0.125. The lowest BCUT2D eigenvalue weighted by atomic mass is 9.91. The average molecular weight is 476 g/mol. The molecule has 0 spiro atoms. The molecular formula is C25H27F3N2O4. The zero-order valence-corrected chi connectivity index (χ0v) is 19.4. The molecule has 6 nitrogen and oxygen atoms in total. The number of para-hydroxylation sites is 1. The summed E-state index contributed by atoms with van der Waals surface area (Å²) in [6.45, 7) is 5.38. The second-order valence-electron chi connectivity index (χ2n) is 8.09. The third kappa shape index (κ3) is 5.18. The number of urea groups is 1. The SMILES string of the molecule is CCOC(=O)C1=C(COc2ccccc2C(C)C)N(C)C(=O)N[C@@H]1c1ccccc1C(F)(F)F. The summed E-state index contributed by atoms with van der Waals surface area (Å²) in [5, 5.41) is 2.51. The van der Waals surface area contributed by atoms with Crippen LogP contribution in [-0.2, 0) is 15.7 Å². The third-order valence-electron chi connectivity index (χ3n) is 5.55. The van der Waals surface area contributed by atoms with Gasteiger partial charge in [0.15, 0.2) is 0 Å². The molecule has 3 rings (SSSR count). The Kier molecular flexibility index (Phi) is 7.54. The van der Waals surface area contributed by atoms with Crippen LogP contribution in [0.4, 0.5) is 18.0 Å². The first-order chi connectivity index (χ1) is 16.1. The second kappa shape index (κ2) is 10.2. The molecule has 0 unspecified atom stereocenters. The van der Waals surface area contributed by atoms with Crippen molar-refractivity contribution in [2.24, 2.45) is 0 Å². The number of halogens is 3. The fraction of sp³-hybridized carbons (Fsp3) is 0.360. The lowest BCUT2D eigenvalue weighted by Crippen LogP contribution is -2.48. The van der Waals surface area contributed by atoms with E-state index in [9.17, 15) is 22.8 Å². The predicted octanol–water partition coefficient (Wildman–Crippen LogP) is 5.42. The molecule has 9 heteroatoms. The highest BCUT2D eigenvalue weighted by atomic mass is 19.4. The monoisotopic (exact) mass is 476 g/mol. The molecule has 0 bridgehead atoms. The smallest absolute Gasteiger partial charge is 0.416 e. The van der Waals surface area contributed by atoms with Crippen molar-refractivity contribution in [3.05, 3.63) is 76.5 Å². The number of benzene rings is 2. The molecule has 1 aliphatic rings. The minimum absolute atomic E-state index is 0.0119. The Morgan fingerprint density at radius 2 is 1.76 bits per heavy atom. The fourth-order valence-corrected chi connectivity index (χ4v) is 3.86. The van der Waals surface area contributed by atoms with Gasteiger partial charge in [0.1, 0.15) is 12.4 Å². The van der Waals surface area contributed by atoms with Gasteiger partial charge in [-0.1, -0.05) is 50.2 Å². The van der Waals surface area contributed by atoms with Gasteiger partial charge in [-0.05, 0) is 36.1 Å². The molecular weight excluding hydrogens is 449 g/mol. The molecule has 34 heavy (non-hydrogen) atoms. The first kappa shape index (κ1) is 25.1. The molecule has 0 saturated carbocycles. The Morgan fingerprint density at radius 3 is 2.41 bits per heavy atom. The van der Waals surface area contributed by atoms with Crippen LogP contribution in [0.1, 0.15) is 49.4 Å². The Hall–Kier alpha value is -3.49. The quantitative estimate of drug-likeness (QED) is 0.542. The van der Waals surface area contributed by atoms with Crippen LogP contribution in [0.15, 0.2) is 59.8 Å². The first-order valence-corrected chi connectivity index (χ1v) is 10.9. The summed E-state index contributed by atoms with van der Waals surface area (Å²) in [7, 11) is 1.42. The van der Waals surface area contributed by atoms with Gasteiger partial charge in [0, 0.05) is 7.05 Å². The maximum absolute atomic E-state index is 13.8. The maximum atomic E-state index is 13.8. The molecule has 0 fully saturated rings. The standard InChI is InChI=1S/C25H27F3N2O4/c1-5-33-23(31)21-19(14-34-20-13-9-7-10-16(20)15(2)3)30(4)24(32)29-22(21)17-11-6-8-12-18(17)25(26,27)28/h6-13,15,22H,5,14H2,1-4H3,(H,29,32)/t22-/m1/s1. The van der Waals surface area contributed by atoms with Crippen molar-refractivity contribution in [1.82, 2.24) is 10.2 Å². The van der Waals surface area contributed by atoms with E-state index in [0.717, 1.165) is 16.5 Å². The van der Waals surface area contributed by atoms with Crippen molar-refractivity contribution in [2.45, 2.75) is 38.9 Å². The lowest BCUT2D eigenvalue weighted by Gasteiger charge is -2.35. The van der Waals surface area contributed by atoms with Gasteiger partial charge >= 0.3 is 18.2 Å². The molecule has 2 aromatic rings. The first-order valence-electron chi connectivity index (χ1n) is 10.9. The summed E-state index contributed by atoms with van der Waals surface area (Å²) in [6.07, 6.45) is -4.68. The van der Waals surface area contributed by atoms with Gasteiger partial charge < -0.3 is 14.8 Å². The number of amides is 2. The molecule has 0 aliphatic carbocycles. The zero-order valence-electron chi connectivity index (χ0n) is 19.4. The number of hydrogen-bond donors (Lipinski definition) is 1. The van der Waals surface area contributed by atoms with Gasteiger partial charge in [-0.2, -0.15) is 13.2 Å². The molecule has 0 saturated heterocycles. The number of rotatable bonds is 7. The summed E-state index contributed by atoms with van der Waals surface area (Å²) in [4.78, 5) is 26.9. The van der Waals surface area contributed by atoms with E-state index in [-0.39, 0.29) is 36.0 Å². The molecule has 1 atom stereocenters. The normalized spacial score (nSPS) is 16.5. The average Bonchev–Trinajstić information content (AvgIpc) is 2.79. The predicted molar refractivity (Wildman–Crippen MR) is 120 cm³/mol. The van der Waals surface area contributed by atoms with Crippen molar-refractivity contribution >= 4 is 12.0 Å². The van der Waals surface area contributed by atoms with E-state index in [1.54, 1.807) is 19.1 Å². The Morgan fingerprint density at radius 1 is 1.12 bits per heavy atom. The Bertz CT molecular complexity index is 1100. The summed E-state index contributed by atoms with van der Waals surface area (Å²) >= 11 is 0. The number of alkyl halides is 3. The number of carbonyl (C=O) groups excluding carboxylic acids is 2. The van der Waals surface area contributed by atoms with Crippen LogP contribution < -0.4 is 10.1 Å². The maximum Gasteiger partial charge on any atom is 0.416 e. The molecule has 1 aliphatic heterocycles. The van der Waals surface area contributed by atoms with E-state index >= 15 is 0 Å². The molecule has 0 radical (unpaired) electrons. The minimum Gasteiger partial charge on any atom is -0.487 e. The Balaban J connectivity index is 2.13. The summed E-state index contributed by atoms with van der Waals surface area (Å²) < 4.78 is 52.4. The lowest BCUT2D eigenvalue weighted by molar-refractivity contribution is -0.141. The van der Waals surface area contributed by atoms with Crippen LogP contribution in [0.5, 0.6) is 5.75 Å². The number of nitrogens with one attached hydrogen (secondary N) is 1. The highest BCUT2D eigenvalue weighted by Crippen LogP contribution is 2.39. The zero-order chi connectivity index (χ0) is 25.0. The molecule has 2 amide bonds. The van der Waals surface area contributed by atoms with Crippen LogP contribution in [-0.4, -0.2) is 37.2 Å². The van der Waals surface area contributed by atoms with Gasteiger partial charge in [0.2, 0.25) is 0 Å². The van der Waals surface area contributed by atoms with Crippen molar-refractivity contribution in [3.63, 3.8) is 0 Å². The molecule has 182 valence electrons. The van der Waals surface area contributed by atoms with E-state index < -0.39 is 29.8 Å². The third-order valence-corrected chi connectivity index (χ3v) is 5.55. The van der Waals surface area contributed by atoms with Crippen LogP contribution in [0.25, 0.3) is 0 Å². The number of carbonyl (C=O) groups is 2. The van der Waals surface area contributed by atoms with Crippen LogP contribution in [0.2, 0.25) is 0 Å². The van der Waals surface area contributed by atoms with Crippen molar-refractivity contribution in [2.75, 3.05) is 20.3 Å². The molecule has 1 heterocycles. The van der Waals surface area contributed by atoms with E-state index in [1.165, 1.54) is 25.2 Å².